The van der Waals surface area contributed by atoms with Crippen LogP contribution in [-0.4, -0.2) is 34.9 Å². The summed E-state index contributed by atoms with van der Waals surface area (Å²) in [7, 11) is 0. The highest BCUT2D eigenvalue weighted by Crippen LogP contribution is 2.30. The van der Waals surface area contributed by atoms with Gasteiger partial charge in [0.1, 0.15) is 16.6 Å². The Balaban J connectivity index is 1.71. The average Bonchev–Trinajstić information content (AvgIpc) is 3.23. The van der Waals surface area contributed by atoms with Crippen LogP contribution in [-0.2, 0) is 9.53 Å². The molecule has 174 valence electrons. The lowest BCUT2D eigenvalue weighted by atomic mass is 10.2. The van der Waals surface area contributed by atoms with E-state index in [9.17, 15) is 18.8 Å². The molecule has 2 heterocycles. The van der Waals surface area contributed by atoms with Crippen molar-refractivity contribution in [3.8, 4) is 11.4 Å². The Kier molecular flexibility index (Phi) is 6.90. The van der Waals surface area contributed by atoms with Gasteiger partial charge in [-0.05, 0) is 49.4 Å². The maximum absolute atomic E-state index is 13.8. The third-order valence-corrected chi connectivity index (χ3v) is 5.76. The zero-order valence-corrected chi connectivity index (χ0v) is 19.3. The number of rotatable bonds is 7. The molecule has 0 aliphatic heterocycles. The summed E-state index contributed by atoms with van der Waals surface area (Å²) in [4.78, 5) is 38.3. The number of carbonyl (C=O) groups excluding carboxylic acids is 2. The van der Waals surface area contributed by atoms with Crippen molar-refractivity contribution in [2.75, 3.05) is 18.5 Å². The predicted molar refractivity (Wildman–Crippen MR) is 127 cm³/mol. The number of esters is 1. The van der Waals surface area contributed by atoms with Gasteiger partial charge in [0.2, 0.25) is 0 Å². The summed E-state index contributed by atoms with van der Waals surface area (Å²) in [6, 6.07) is 11.7. The highest BCUT2D eigenvalue weighted by Gasteiger charge is 2.23. The van der Waals surface area contributed by atoms with Gasteiger partial charge in [0.05, 0.1) is 17.7 Å². The first kappa shape index (κ1) is 23.4. The summed E-state index contributed by atoms with van der Waals surface area (Å²) >= 11 is 6.88. The molecule has 0 aliphatic carbocycles. The van der Waals surface area contributed by atoms with E-state index in [1.165, 1.54) is 23.6 Å². The molecular formula is C23H17ClFN3O5S. The van der Waals surface area contributed by atoms with Crippen LogP contribution in [0.2, 0.25) is 5.02 Å². The standard InChI is InChI=1S/C23H17ClFN3O5S/c1-2-32-23(31)20-17-12-34-21(26-18(29)11-33-16-8-6-13(24)7-9-16)19(17)22(30)28(27-20)15-5-3-4-14(25)10-15/h3-10,12H,2,11H2,1H3,(H,26,29). The Morgan fingerprint density at radius 1 is 1.21 bits per heavy atom. The van der Waals surface area contributed by atoms with E-state index in [4.69, 9.17) is 21.1 Å². The molecule has 0 radical (unpaired) electrons. The van der Waals surface area contributed by atoms with E-state index < -0.39 is 23.3 Å². The summed E-state index contributed by atoms with van der Waals surface area (Å²) in [6.07, 6.45) is 0. The Hall–Kier alpha value is -3.76. The Morgan fingerprint density at radius 3 is 2.68 bits per heavy atom. The largest absolute Gasteiger partial charge is 0.484 e. The number of nitrogens with zero attached hydrogens (tertiary/aromatic N) is 2. The number of aromatic nitrogens is 2. The lowest BCUT2D eigenvalue weighted by molar-refractivity contribution is -0.118. The minimum atomic E-state index is -0.751. The van der Waals surface area contributed by atoms with Crippen molar-refractivity contribution >= 4 is 50.6 Å². The zero-order chi connectivity index (χ0) is 24.2. The van der Waals surface area contributed by atoms with Crippen LogP contribution in [0.25, 0.3) is 16.5 Å². The second-order valence-electron chi connectivity index (χ2n) is 6.91. The maximum atomic E-state index is 13.8. The van der Waals surface area contributed by atoms with Crippen molar-refractivity contribution in [2.24, 2.45) is 0 Å². The molecule has 0 fully saturated rings. The smallest absolute Gasteiger partial charge is 0.359 e. The number of hydrogen-bond acceptors (Lipinski definition) is 7. The number of amides is 1. The second-order valence-corrected chi connectivity index (χ2v) is 8.23. The van der Waals surface area contributed by atoms with Crippen molar-refractivity contribution in [3.05, 3.63) is 80.8 Å². The average molecular weight is 502 g/mol. The van der Waals surface area contributed by atoms with Gasteiger partial charge in [0, 0.05) is 15.8 Å². The maximum Gasteiger partial charge on any atom is 0.359 e. The summed E-state index contributed by atoms with van der Waals surface area (Å²) in [6.45, 7) is 1.41. The second kappa shape index (κ2) is 10.0. The topological polar surface area (TPSA) is 99.5 Å². The predicted octanol–water partition coefficient (Wildman–Crippen LogP) is 4.43. The van der Waals surface area contributed by atoms with Crippen molar-refractivity contribution in [1.82, 2.24) is 9.78 Å². The molecule has 0 aliphatic rings. The number of halogens is 2. The summed E-state index contributed by atoms with van der Waals surface area (Å²) in [5, 5.41) is 9.29. The first-order valence-corrected chi connectivity index (χ1v) is 11.3. The molecule has 1 amide bonds. The summed E-state index contributed by atoms with van der Waals surface area (Å²) < 4.78 is 25.2. The number of nitrogens with one attached hydrogen (secondary N) is 1. The van der Waals surface area contributed by atoms with Crippen molar-refractivity contribution < 1.29 is 23.5 Å². The molecule has 0 saturated carbocycles. The van der Waals surface area contributed by atoms with Crippen molar-refractivity contribution in [2.45, 2.75) is 6.92 Å². The van der Waals surface area contributed by atoms with E-state index in [-0.39, 0.29) is 40.4 Å². The first-order chi connectivity index (χ1) is 16.4. The molecule has 0 atom stereocenters. The third kappa shape index (κ3) is 4.92. The van der Waals surface area contributed by atoms with Crippen molar-refractivity contribution in [3.63, 3.8) is 0 Å². The van der Waals surface area contributed by atoms with Gasteiger partial charge in [-0.1, -0.05) is 17.7 Å². The van der Waals surface area contributed by atoms with Gasteiger partial charge in [-0.25, -0.2) is 9.18 Å². The van der Waals surface area contributed by atoms with Crippen LogP contribution >= 0.6 is 22.9 Å². The fourth-order valence-corrected chi connectivity index (χ4v) is 4.20. The van der Waals surface area contributed by atoms with E-state index in [1.807, 2.05) is 0 Å². The molecule has 34 heavy (non-hydrogen) atoms. The molecule has 1 N–H and O–H groups in total. The Morgan fingerprint density at radius 2 is 1.97 bits per heavy atom. The van der Waals surface area contributed by atoms with Crippen LogP contribution in [0.15, 0.2) is 58.7 Å². The van der Waals surface area contributed by atoms with Crippen LogP contribution in [0.4, 0.5) is 9.39 Å². The van der Waals surface area contributed by atoms with Crippen LogP contribution in [0.3, 0.4) is 0 Å². The van der Waals surface area contributed by atoms with Gasteiger partial charge in [0.15, 0.2) is 12.3 Å². The van der Waals surface area contributed by atoms with E-state index >= 15 is 0 Å². The van der Waals surface area contributed by atoms with Gasteiger partial charge in [-0.2, -0.15) is 9.78 Å². The molecule has 4 rings (SSSR count). The quantitative estimate of drug-likeness (QED) is 0.376. The van der Waals surface area contributed by atoms with E-state index in [0.717, 1.165) is 22.1 Å². The number of ether oxygens (including phenoxy) is 2. The Labute approximate surface area is 201 Å². The summed E-state index contributed by atoms with van der Waals surface area (Å²) in [5.41, 5.74) is -0.648. The number of thiophene rings is 1. The Bertz CT molecular complexity index is 1440. The lowest BCUT2D eigenvalue weighted by Crippen LogP contribution is -2.26. The lowest BCUT2D eigenvalue weighted by Gasteiger charge is -2.10. The minimum Gasteiger partial charge on any atom is -0.484 e. The van der Waals surface area contributed by atoms with E-state index in [2.05, 4.69) is 10.4 Å². The molecule has 11 heteroatoms. The fourth-order valence-electron chi connectivity index (χ4n) is 3.12. The molecule has 2 aromatic carbocycles. The molecule has 4 aromatic rings. The number of benzene rings is 2. The van der Waals surface area contributed by atoms with Crippen LogP contribution < -0.4 is 15.6 Å². The normalized spacial score (nSPS) is 10.8. The SMILES string of the molecule is CCOC(=O)c1nn(-c2cccc(F)c2)c(=O)c2c(NC(=O)COc3ccc(Cl)cc3)scc12. The van der Waals surface area contributed by atoms with E-state index in [0.29, 0.717) is 10.8 Å². The van der Waals surface area contributed by atoms with Gasteiger partial charge in [0.25, 0.3) is 11.5 Å². The molecule has 0 spiro atoms. The monoisotopic (exact) mass is 501 g/mol. The number of carbonyl (C=O) groups is 2. The van der Waals surface area contributed by atoms with Gasteiger partial charge < -0.3 is 14.8 Å². The first-order valence-electron chi connectivity index (χ1n) is 10.0. The van der Waals surface area contributed by atoms with Crippen LogP contribution in [0, 0.1) is 5.82 Å². The van der Waals surface area contributed by atoms with Gasteiger partial charge in [-0.15, -0.1) is 11.3 Å². The molecule has 0 unspecified atom stereocenters. The molecule has 8 nitrogen and oxygen atoms in total. The number of hydrogen-bond donors (Lipinski definition) is 1. The van der Waals surface area contributed by atoms with Gasteiger partial charge in [-0.3, -0.25) is 9.59 Å². The van der Waals surface area contributed by atoms with Crippen molar-refractivity contribution in [1.29, 1.82) is 0 Å². The van der Waals surface area contributed by atoms with Crippen LogP contribution in [0.1, 0.15) is 17.4 Å². The minimum absolute atomic E-state index is 0.0483. The summed E-state index contributed by atoms with van der Waals surface area (Å²) in [5.74, 6) is -1.41. The molecule has 0 bridgehead atoms. The molecule has 2 aromatic heterocycles. The number of anilines is 1. The molecule has 0 saturated heterocycles. The molecular weight excluding hydrogens is 485 g/mol. The third-order valence-electron chi connectivity index (χ3n) is 4.61. The van der Waals surface area contributed by atoms with E-state index in [1.54, 1.807) is 31.2 Å². The fraction of sp³-hybridized carbons (Fsp3) is 0.130. The zero-order valence-electron chi connectivity index (χ0n) is 17.7. The van der Waals surface area contributed by atoms with Crippen LogP contribution in [0.5, 0.6) is 5.75 Å². The highest BCUT2D eigenvalue weighted by molar-refractivity contribution is 7.16. The van der Waals surface area contributed by atoms with Gasteiger partial charge >= 0.3 is 5.97 Å². The number of fused-ring (bicyclic) bond motifs is 1. The highest BCUT2D eigenvalue weighted by atomic mass is 35.5.